The Morgan fingerprint density at radius 1 is 1.41 bits per heavy atom. The summed E-state index contributed by atoms with van der Waals surface area (Å²) in [5.74, 6) is 0.0807. The molecule has 6 heteroatoms. The van der Waals surface area contributed by atoms with Crippen molar-refractivity contribution in [2.24, 2.45) is 0 Å². The Balaban J connectivity index is 1.88. The molecule has 0 aliphatic carbocycles. The van der Waals surface area contributed by atoms with Crippen molar-refractivity contribution in [3.63, 3.8) is 0 Å². The smallest absolute Gasteiger partial charge is 0.260 e. The zero-order valence-corrected chi connectivity index (χ0v) is 12.9. The van der Waals surface area contributed by atoms with E-state index in [-0.39, 0.29) is 17.9 Å². The van der Waals surface area contributed by atoms with Gasteiger partial charge in [-0.05, 0) is 31.9 Å². The van der Waals surface area contributed by atoms with Crippen molar-refractivity contribution in [1.82, 2.24) is 5.32 Å². The Bertz CT molecular complexity index is 527. The number of carbonyl (C=O) groups is 2. The third-order valence-corrected chi connectivity index (χ3v) is 3.40. The fourth-order valence-corrected chi connectivity index (χ4v) is 2.27. The van der Waals surface area contributed by atoms with E-state index in [1.54, 1.807) is 31.2 Å². The number of carbonyl (C=O) groups excluding carboxylic acids is 2. The van der Waals surface area contributed by atoms with Gasteiger partial charge in [0, 0.05) is 20.1 Å². The first-order valence-corrected chi connectivity index (χ1v) is 7.49. The van der Waals surface area contributed by atoms with Crippen LogP contribution in [0.2, 0.25) is 0 Å². The number of anilines is 1. The molecule has 22 heavy (non-hydrogen) atoms. The van der Waals surface area contributed by atoms with Gasteiger partial charge >= 0.3 is 0 Å². The van der Waals surface area contributed by atoms with Crippen LogP contribution in [0.1, 0.15) is 26.7 Å². The largest absolute Gasteiger partial charge is 0.479 e. The average Bonchev–Trinajstić information content (AvgIpc) is 2.99. The molecule has 0 saturated carbocycles. The lowest BCUT2D eigenvalue weighted by molar-refractivity contribution is -0.127. The van der Waals surface area contributed by atoms with Crippen molar-refractivity contribution < 1.29 is 19.1 Å². The van der Waals surface area contributed by atoms with E-state index < -0.39 is 6.10 Å². The van der Waals surface area contributed by atoms with E-state index >= 15 is 0 Å². The molecule has 0 aromatic heterocycles. The van der Waals surface area contributed by atoms with Gasteiger partial charge in [-0.25, -0.2) is 0 Å². The highest BCUT2D eigenvalue weighted by Gasteiger charge is 2.20. The molecule has 2 amide bonds. The Labute approximate surface area is 130 Å². The van der Waals surface area contributed by atoms with E-state index in [0.29, 0.717) is 18.0 Å². The summed E-state index contributed by atoms with van der Waals surface area (Å²) in [5.41, 5.74) is 0.550. The average molecular weight is 306 g/mol. The van der Waals surface area contributed by atoms with E-state index in [0.717, 1.165) is 19.4 Å². The van der Waals surface area contributed by atoms with Crippen LogP contribution in [0.4, 0.5) is 5.69 Å². The summed E-state index contributed by atoms with van der Waals surface area (Å²) in [7, 11) is 0. The van der Waals surface area contributed by atoms with Crippen LogP contribution in [0.25, 0.3) is 0 Å². The number of hydrogen-bond donors (Lipinski definition) is 2. The molecule has 1 heterocycles. The molecule has 1 fully saturated rings. The Morgan fingerprint density at radius 2 is 2.18 bits per heavy atom. The van der Waals surface area contributed by atoms with Gasteiger partial charge < -0.3 is 20.1 Å². The van der Waals surface area contributed by atoms with Crippen molar-refractivity contribution in [3.8, 4) is 5.75 Å². The van der Waals surface area contributed by atoms with Gasteiger partial charge in [-0.3, -0.25) is 9.59 Å². The van der Waals surface area contributed by atoms with E-state index in [4.69, 9.17) is 9.47 Å². The number of rotatable bonds is 6. The highest BCUT2D eigenvalue weighted by atomic mass is 16.5. The van der Waals surface area contributed by atoms with Gasteiger partial charge in [0.2, 0.25) is 5.91 Å². The fourth-order valence-electron chi connectivity index (χ4n) is 2.27. The molecule has 1 aliphatic rings. The highest BCUT2D eigenvalue weighted by Crippen LogP contribution is 2.24. The Hall–Kier alpha value is -2.08. The quantitative estimate of drug-likeness (QED) is 0.839. The Morgan fingerprint density at radius 3 is 2.86 bits per heavy atom. The summed E-state index contributed by atoms with van der Waals surface area (Å²) in [6, 6.07) is 7.03. The van der Waals surface area contributed by atoms with Gasteiger partial charge in [-0.2, -0.15) is 0 Å². The lowest BCUT2D eigenvalue weighted by atomic mass is 10.2. The first-order chi connectivity index (χ1) is 10.6. The Kier molecular flexibility index (Phi) is 5.77. The predicted octanol–water partition coefficient (Wildman–Crippen LogP) is 1.71. The maximum absolute atomic E-state index is 12.1. The molecule has 0 spiro atoms. The normalized spacial score (nSPS) is 18.5. The number of ether oxygens (including phenoxy) is 2. The van der Waals surface area contributed by atoms with Crippen LogP contribution in [0.15, 0.2) is 24.3 Å². The molecule has 0 bridgehead atoms. The molecule has 0 radical (unpaired) electrons. The van der Waals surface area contributed by atoms with Gasteiger partial charge in [0.15, 0.2) is 6.10 Å². The molecular formula is C16H22N2O4. The number of amides is 2. The van der Waals surface area contributed by atoms with Gasteiger partial charge in [-0.1, -0.05) is 12.1 Å². The van der Waals surface area contributed by atoms with E-state index in [2.05, 4.69) is 10.6 Å². The molecule has 6 nitrogen and oxygen atoms in total. The summed E-state index contributed by atoms with van der Waals surface area (Å²) in [4.78, 5) is 23.2. The molecule has 1 aliphatic heterocycles. The van der Waals surface area contributed by atoms with Crippen LogP contribution < -0.4 is 15.4 Å². The molecule has 0 unspecified atom stereocenters. The number of hydrogen-bond acceptors (Lipinski definition) is 4. The minimum absolute atomic E-state index is 0.0998. The second-order valence-electron chi connectivity index (χ2n) is 5.32. The second-order valence-corrected chi connectivity index (χ2v) is 5.32. The van der Waals surface area contributed by atoms with Crippen LogP contribution in [0.5, 0.6) is 5.75 Å². The monoisotopic (exact) mass is 306 g/mol. The SMILES string of the molecule is CC(=O)Nc1ccccc1O[C@@H](C)C(=O)NC[C@H]1CCCO1. The summed E-state index contributed by atoms with van der Waals surface area (Å²) in [6.45, 7) is 4.36. The van der Waals surface area contributed by atoms with Gasteiger partial charge in [0.25, 0.3) is 5.91 Å². The summed E-state index contributed by atoms with van der Waals surface area (Å²) in [6.07, 6.45) is 1.46. The summed E-state index contributed by atoms with van der Waals surface area (Å²) < 4.78 is 11.1. The molecule has 1 aromatic rings. The molecule has 2 N–H and O–H groups in total. The first kappa shape index (κ1) is 16.3. The van der Waals surface area contributed by atoms with Crippen molar-refractivity contribution in [2.45, 2.75) is 38.9 Å². The standard InChI is InChI=1S/C16H22N2O4/c1-11(16(20)17-10-13-6-5-9-21-13)22-15-8-4-3-7-14(15)18-12(2)19/h3-4,7-8,11,13H,5-6,9-10H2,1-2H3,(H,17,20)(H,18,19)/t11-,13+/m0/s1. The number of nitrogens with one attached hydrogen (secondary N) is 2. The van der Waals surface area contributed by atoms with E-state index in [1.807, 2.05) is 0 Å². The zero-order valence-electron chi connectivity index (χ0n) is 12.9. The maximum atomic E-state index is 12.1. The lowest BCUT2D eigenvalue weighted by Gasteiger charge is -2.18. The maximum Gasteiger partial charge on any atom is 0.260 e. The van der Waals surface area contributed by atoms with Crippen LogP contribution in [-0.2, 0) is 14.3 Å². The summed E-state index contributed by atoms with van der Waals surface area (Å²) in [5, 5.41) is 5.51. The van der Waals surface area contributed by atoms with E-state index in [9.17, 15) is 9.59 Å². The second kappa shape index (κ2) is 7.79. The first-order valence-electron chi connectivity index (χ1n) is 7.49. The molecular weight excluding hydrogens is 284 g/mol. The van der Waals surface area contributed by atoms with Crippen LogP contribution in [-0.4, -0.2) is 37.2 Å². The van der Waals surface area contributed by atoms with Gasteiger partial charge in [-0.15, -0.1) is 0 Å². The third-order valence-electron chi connectivity index (χ3n) is 3.40. The van der Waals surface area contributed by atoms with Crippen molar-refractivity contribution >= 4 is 17.5 Å². The predicted molar refractivity (Wildman–Crippen MR) is 82.8 cm³/mol. The number of para-hydroxylation sites is 2. The molecule has 1 aromatic carbocycles. The topological polar surface area (TPSA) is 76.7 Å². The molecule has 2 rings (SSSR count). The minimum atomic E-state index is -0.656. The van der Waals surface area contributed by atoms with E-state index in [1.165, 1.54) is 6.92 Å². The summed E-state index contributed by atoms with van der Waals surface area (Å²) >= 11 is 0. The van der Waals surface area contributed by atoms with Crippen LogP contribution in [0, 0.1) is 0 Å². The molecule has 120 valence electrons. The van der Waals surface area contributed by atoms with Gasteiger partial charge in [0.1, 0.15) is 5.75 Å². The fraction of sp³-hybridized carbons (Fsp3) is 0.500. The number of benzene rings is 1. The minimum Gasteiger partial charge on any atom is -0.479 e. The third kappa shape index (κ3) is 4.73. The van der Waals surface area contributed by atoms with Crippen molar-refractivity contribution in [2.75, 3.05) is 18.5 Å². The highest BCUT2D eigenvalue weighted by molar-refractivity contribution is 5.90. The van der Waals surface area contributed by atoms with Crippen LogP contribution >= 0.6 is 0 Å². The molecule has 2 atom stereocenters. The van der Waals surface area contributed by atoms with Crippen molar-refractivity contribution in [3.05, 3.63) is 24.3 Å². The van der Waals surface area contributed by atoms with Crippen molar-refractivity contribution in [1.29, 1.82) is 0 Å². The molecule has 1 saturated heterocycles. The lowest BCUT2D eigenvalue weighted by Crippen LogP contribution is -2.40. The van der Waals surface area contributed by atoms with Crippen LogP contribution in [0.3, 0.4) is 0 Å². The van der Waals surface area contributed by atoms with Gasteiger partial charge in [0.05, 0.1) is 11.8 Å². The zero-order chi connectivity index (χ0) is 15.9.